The summed E-state index contributed by atoms with van der Waals surface area (Å²) in [5.41, 5.74) is -1.41. The van der Waals surface area contributed by atoms with Gasteiger partial charge in [0.05, 0.1) is 5.56 Å². The first-order chi connectivity index (χ1) is 7.56. The lowest BCUT2D eigenvalue weighted by molar-refractivity contribution is -0.569. The molecule has 1 aromatic rings. The largest absolute Gasteiger partial charge is 0.461 e. The molecule has 0 radical (unpaired) electrons. The molecule has 1 aromatic heterocycles. The summed E-state index contributed by atoms with van der Waals surface area (Å²) in [5.74, 6) is 0.00493. The van der Waals surface area contributed by atoms with Gasteiger partial charge in [-0.3, -0.25) is 14.9 Å². The monoisotopic (exact) mass is 239 g/mol. The molecule has 0 atom stereocenters. The Kier molecular flexibility index (Phi) is 3.14. The van der Waals surface area contributed by atoms with Crippen molar-refractivity contribution in [3.8, 4) is 0 Å². The first-order valence-electron chi connectivity index (χ1n) is 5.35. The molecule has 0 aliphatic heterocycles. The predicted molar refractivity (Wildman–Crippen MR) is 62.5 cm³/mol. The highest BCUT2D eigenvalue weighted by molar-refractivity contribution is 5.97. The van der Waals surface area contributed by atoms with Gasteiger partial charge in [-0.05, 0) is 6.07 Å². The lowest BCUT2D eigenvalue weighted by Crippen LogP contribution is -2.27. The summed E-state index contributed by atoms with van der Waals surface area (Å²) in [5, 5.41) is 10.9. The fourth-order valence-electron chi connectivity index (χ4n) is 1.25. The normalized spacial score (nSPS) is 12.5. The van der Waals surface area contributed by atoms with Crippen molar-refractivity contribution in [1.29, 1.82) is 0 Å². The molecule has 0 aromatic carbocycles. The van der Waals surface area contributed by atoms with Crippen molar-refractivity contribution in [3.05, 3.63) is 33.8 Å². The second-order valence-electron chi connectivity index (χ2n) is 5.59. The molecule has 0 aliphatic carbocycles. The summed E-state index contributed by atoms with van der Waals surface area (Å²) < 4.78 is 5.14. The molecule has 5 heteroatoms. The van der Waals surface area contributed by atoms with Gasteiger partial charge >= 0.3 is 0 Å². The van der Waals surface area contributed by atoms with E-state index in [-0.39, 0.29) is 11.5 Å². The molecule has 0 fully saturated rings. The van der Waals surface area contributed by atoms with Crippen molar-refractivity contribution in [2.24, 2.45) is 5.41 Å². The van der Waals surface area contributed by atoms with Crippen LogP contribution in [-0.4, -0.2) is 10.7 Å². The zero-order chi connectivity index (χ0) is 13.4. The van der Waals surface area contributed by atoms with E-state index in [4.69, 9.17) is 4.42 Å². The van der Waals surface area contributed by atoms with Gasteiger partial charge < -0.3 is 4.42 Å². The summed E-state index contributed by atoms with van der Waals surface area (Å²) >= 11 is 0. The first kappa shape index (κ1) is 13.4. The minimum absolute atomic E-state index is 0.164. The number of hydrogen-bond acceptors (Lipinski definition) is 4. The lowest BCUT2D eigenvalue weighted by Gasteiger charge is -2.14. The second kappa shape index (κ2) is 3.98. The van der Waals surface area contributed by atoms with Crippen molar-refractivity contribution >= 4 is 5.78 Å². The molecule has 1 heterocycles. The van der Waals surface area contributed by atoms with Crippen LogP contribution in [0.5, 0.6) is 0 Å². The lowest BCUT2D eigenvalue weighted by atomic mass is 9.88. The van der Waals surface area contributed by atoms with Gasteiger partial charge in [-0.2, -0.15) is 0 Å². The second-order valence-corrected chi connectivity index (χ2v) is 5.59. The molecule has 0 amide bonds. The van der Waals surface area contributed by atoms with Gasteiger partial charge in [-0.15, -0.1) is 0 Å². The van der Waals surface area contributed by atoms with Crippen molar-refractivity contribution in [2.45, 2.75) is 40.2 Å². The van der Waals surface area contributed by atoms with Crippen LogP contribution in [-0.2, 0) is 5.54 Å². The first-order valence-corrected chi connectivity index (χ1v) is 5.35. The third-order valence-electron chi connectivity index (χ3n) is 2.67. The van der Waals surface area contributed by atoms with Crippen molar-refractivity contribution in [3.63, 3.8) is 0 Å². The maximum absolute atomic E-state index is 11.9. The minimum atomic E-state index is -1.25. The molecular weight excluding hydrogens is 222 g/mol. The molecule has 0 spiro atoms. The number of Topliss-reactive ketones (excluding diaryl/α,β-unsaturated/α-hetero) is 1. The van der Waals surface area contributed by atoms with Gasteiger partial charge in [0.15, 0.2) is 5.76 Å². The summed E-state index contributed by atoms with van der Waals surface area (Å²) in [6, 6.07) is 1.45. The zero-order valence-corrected chi connectivity index (χ0v) is 10.7. The molecule has 0 unspecified atom stereocenters. The Labute approximate surface area is 100.0 Å². The molecule has 0 saturated heterocycles. The number of furan rings is 1. The highest BCUT2D eigenvalue weighted by atomic mass is 16.6. The Hall–Kier alpha value is -1.65. The Balaban J connectivity index is 3.09. The molecule has 0 N–H and O–H groups in total. The number of ketones is 1. The Bertz CT molecular complexity index is 451. The van der Waals surface area contributed by atoms with Crippen LogP contribution in [0.15, 0.2) is 16.7 Å². The molecule has 0 saturated carbocycles. The highest BCUT2D eigenvalue weighted by Gasteiger charge is 2.36. The van der Waals surface area contributed by atoms with Crippen molar-refractivity contribution in [1.82, 2.24) is 0 Å². The summed E-state index contributed by atoms with van der Waals surface area (Å²) in [7, 11) is 0. The van der Waals surface area contributed by atoms with E-state index in [9.17, 15) is 14.9 Å². The third kappa shape index (κ3) is 2.54. The van der Waals surface area contributed by atoms with Gasteiger partial charge in [0.2, 0.25) is 11.3 Å². The van der Waals surface area contributed by atoms with Gasteiger partial charge in [-0.25, -0.2) is 0 Å². The number of nitro groups is 1. The highest BCUT2D eigenvalue weighted by Crippen LogP contribution is 2.28. The van der Waals surface area contributed by atoms with Gasteiger partial charge in [-0.1, -0.05) is 20.8 Å². The van der Waals surface area contributed by atoms with Crippen molar-refractivity contribution in [2.75, 3.05) is 0 Å². The Morgan fingerprint density at radius 3 is 2.24 bits per heavy atom. The SMILES string of the molecule is CC(C)(C)C(=O)c1cc(C(C)(C)[N+](=O)[O-])co1. The standard InChI is InChI=1S/C12H17NO4/c1-11(2,3)10(14)9-6-8(7-17-9)12(4,5)13(15)16/h6-7H,1-5H3. The number of nitrogens with zero attached hydrogens (tertiary/aromatic N) is 1. The van der Waals surface area contributed by atoms with E-state index in [2.05, 4.69) is 0 Å². The molecule has 5 nitrogen and oxygen atoms in total. The van der Waals surface area contributed by atoms with Crippen LogP contribution in [0.3, 0.4) is 0 Å². The van der Waals surface area contributed by atoms with Crippen LogP contribution in [0.25, 0.3) is 0 Å². The number of carbonyl (C=O) groups excluding carboxylic acids is 1. The Morgan fingerprint density at radius 1 is 1.29 bits per heavy atom. The van der Waals surface area contributed by atoms with E-state index in [1.165, 1.54) is 26.2 Å². The Morgan fingerprint density at radius 2 is 1.82 bits per heavy atom. The molecule has 17 heavy (non-hydrogen) atoms. The third-order valence-corrected chi connectivity index (χ3v) is 2.67. The van der Waals surface area contributed by atoms with E-state index in [0.717, 1.165) is 0 Å². The topological polar surface area (TPSA) is 73.3 Å². The predicted octanol–water partition coefficient (Wildman–Crippen LogP) is 3.02. The van der Waals surface area contributed by atoms with Crippen molar-refractivity contribution < 1.29 is 14.1 Å². The summed E-state index contributed by atoms with van der Waals surface area (Å²) in [4.78, 5) is 22.4. The quantitative estimate of drug-likeness (QED) is 0.461. The fourth-order valence-corrected chi connectivity index (χ4v) is 1.25. The van der Waals surface area contributed by atoms with Crippen LogP contribution in [0.4, 0.5) is 0 Å². The van der Waals surface area contributed by atoms with Crippen LogP contribution >= 0.6 is 0 Å². The summed E-state index contributed by atoms with van der Waals surface area (Å²) in [6.45, 7) is 8.27. The minimum Gasteiger partial charge on any atom is -0.461 e. The van der Waals surface area contributed by atoms with Gasteiger partial charge in [0.25, 0.3) is 0 Å². The van der Waals surface area contributed by atoms with Crippen LogP contribution in [0.1, 0.15) is 50.7 Å². The fraction of sp³-hybridized carbons (Fsp3) is 0.583. The number of rotatable bonds is 3. The average molecular weight is 239 g/mol. The molecule has 0 bridgehead atoms. The average Bonchev–Trinajstić information content (AvgIpc) is 2.63. The van der Waals surface area contributed by atoms with Crippen LogP contribution in [0.2, 0.25) is 0 Å². The van der Waals surface area contributed by atoms with Gasteiger partial charge in [0, 0.05) is 24.2 Å². The molecule has 0 aliphatic rings. The maximum Gasteiger partial charge on any atom is 0.244 e. The molecule has 1 rings (SSSR count). The van der Waals surface area contributed by atoms with E-state index in [0.29, 0.717) is 5.56 Å². The number of carbonyl (C=O) groups is 1. The molecular formula is C12H17NO4. The van der Waals surface area contributed by atoms with Gasteiger partial charge in [0.1, 0.15) is 6.26 Å². The number of hydrogen-bond donors (Lipinski definition) is 0. The maximum atomic E-state index is 11.9. The van der Waals surface area contributed by atoms with E-state index in [1.54, 1.807) is 20.8 Å². The van der Waals surface area contributed by atoms with Crippen LogP contribution in [0, 0.1) is 15.5 Å². The van der Waals surface area contributed by atoms with Crippen LogP contribution < -0.4 is 0 Å². The zero-order valence-electron chi connectivity index (χ0n) is 10.7. The van der Waals surface area contributed by atoms with E-state index >= 15 is 0 Å². The summed E-state index contributed by atoms with van der Waals surface area (Å²) in [6.07, 6.45) is 1.28. The van der Waals surface area contributed by atoms with E-state index < -0.39 is 15.9 Å². The van der Waals surface area contributed by atoms with E-state index in [1.807, 2.05) is 0 Å². The molecule has 94 valence electrons. The smallest absolute Gasteiger partial charge is 0.244 e.